The van der Waals surface area contributed by atoms with Gasteiger partial charge in [-0.3, -0.25) is 4.57 Å². The zero-order valence-corrected chi connectivity index (χ0v) is 29.9. The van der Waals surface area contributed by atoms with Gasteiger partial charge in [0.15, 0.2) is 11.6 Å². The lowest BCUT2D eigenvalue weighted by atomic mass is 10.1. The Morgan fingerprint density at radius 2 is 0.655 bits per heavy atom. The Labute approximate surface area is 319 Å². The van der Waals surface area contributed by atoms with Gasteiger partial charge in [0.05, 0.1) is 11.0 Å². The van der Waals surface area contributed by atoms with Gasteiger partial charge in [-0.15, -0.1) is 10.2 Å². The van der Waals surface area contributed by atoms with Crippen LogP contribution in [0.3, 0.4) is 0 Å². The first-order valence-electron chi connectivity index (χ1n) is 18.5. The molecule has 0 unspecified atom stereocenters. The highest BCUT2D eigenvalue weighted by Gasteiger charge is 2.19. The molecule has 0 saturated heterocycles. The van der Waals surface area contributed by atoms with Crippen LogP contribution in [0.2, 0.25) is 0 Å². The molecule has 2 heterocycles. The first-order valence-corrected chi connectivity index (χ1v) is 18.5. The minimum Gasteiger partial charge on any atom is -0.311 e. The number of nitrogens with zero attached hydrogens (tertiary/aromatic N) is 5. The van der Waals surface area contributed by atoms with Crippen molar-refractivity contribution in [2.45, 2.75) is 0 Å². The number of hydrogen-bond donors (Lipinski definition) is 0. The number of aromatic nitrogens is 4. The molecule has 260 valence electrons. The van der Waals surface area contributed by atoms with Gasteiger partial charge >= 0.3 is 0 Å². The summed E-state index contributed by atoms with van der Waals surface area (Å²) in [5.74, 6) is 1.57. The normalized spacial score (nSPS) is 11.3. The van der Waals surface area contributed by atoms with Gasteiger partial charge in [0.2, 0.25) is 0 Å². The minimum atomic E-state index is 0.777. The minimum absolute atomic E-state index is 0.777. The summed E-state index contributed by atoms with van der Waals surface area (Å²) in [4.78, 5) is 2.29. The molecule has 8 aromatic carbocycles. The molecule has 0 bridgehead atoms. The lowest BCUT2D eigenvalue weighted by molar-refractivity contribution is 1.07. The first-order chi connectivity index (χ1) is 27.3. The molecule has 0 aliphatic heterocycles. The van der Waals surface area contributed by atoms with Crippen molar-refractivity contribution in [3.05, 3.63) is 212 Å². The highest BCUT2D eigenvalue weighted by atomic mass is 15.3. The lowest BCUT2D eigenvalue weighted by Crippen LogP contribution is -2.10. The molecule has 0 atom stereocenters. The predicted molar refractivity (Wildman–Crippen MR) is 227 cm³/mol. The van der Waals surface area contributed by atoms with Crippen LogP contribution in [0.25, 0.3) is 67.1 Å². The summed E-state index contributed by atoms with van der Waals surface area (Å²) in [6, 6.07) is 74.6. The molecule has 5 heteroatoms. The van der Waals surface area contributed by atoms with Crippen molar-refractivity contribution >= 4 is 38.9 Å². The molecule has 0 aliphatic rings. The summed E-state index contributed by atoms with van der Waals surface area (Å²) in [6.07, 6.45) is 0. The monoisotopic (exact) mass is 705 g/mol. The van der Waals surface area contributed by atoms with E-state index in [2.05, 4.69) is 202 Å². The Hall–Kier alpha value is -7.50. The third-order valence-electron chi connectivity index (χ3n) is 10.3. The fourth-order valence-corrected chi connectivity index (χ4v) is 7.66. The maximum absolute atomic E-state index is 4.78. The SMILES string of the molecule is c1ccc(-c2ccc(-n3c(-c4ccccc4)nnc3-c3ccc(N(c4ccccc4)c4ccc(-n5c6ccccc6c6ccccc65)cc4)cc3)cc2)cc1. The van der Waals surface area contributed by atoms with Gasteiger partial charge in [0.25, 0.3) is 0 Å². The fourth-order valence-electron chi connectivity index (χ4n) is 7.66. The van der Waals surface area contributed by atoms with Crippen molar-refractivity contribution in [2.24, 2.45) is 0 Å². The molecule has 10 rings (SSSR count). The van der Waals surface area contributed by atoms with Gasteiger partial charge in [0, 0.05) is 50.3 Å². The van der Waals surface area contributed by atoms with Crippen LogP contribution in [0.1, 0.15) is 0 Å². The Bertz CT molecular complexity index is 2820. The van der Waals surface area contributed by atoms with E-state index >= 15 is 0 Å². The van der Waals surface area contributed by atoms with Crippen LogP contribution in [-0.4, -0.2) is 19.3 Å². The maximum atomic E-state index is 4.78. The molecule has 10 aromatic rings. The molecule has 0 amide bonds. The highest BCUT2D eigenvalue weighted by Crippen LogP contribution is 2.38. The number of anilines is 3. The van der Waals surface area contributed by atoms with Gasteiger partial charge in [0.1, 0.15) is 0 Å². The Balaban J connectivity index is 1.03. The topological polar surface area (TPSA) is 38.9 Å². The van der Waals surface area contributed by atoms with Crippen molar-refractivity contribution in [1.82, 2.24) is 19.3 Å². The van der Waals surface area contributed by atoms with Gasteiger partial charge in [-0.1, -0.05) is 127 Å². The number of para-hydroxylation sites is 3. The van der Waals surface area contributed by atoms with Crippen molar-refractivity contribution in [3.63, 3.8) is 0 Å². The van der Waals surface area contributed by atoms with Crippen LogP contribution >= 0.6 is 0 Å². The molecule has 0 N–H and O–H groups in total. The van der Waals surface area contributed by atoms with Crippen LogP contribution in [0, 0.1) is 0 Å². The van der Waals surface area contributed by atoms with Crippen molar-refractivity contribution in [3.8, 4) is 45.3 Å². The average Bonchev–Trinajstić information content (AvgIpc) is 3.86. The summed E-state index contributed by atoms with van der Waals surface area (Å²) < 4.78 is 4.51. The zero-order valence-electron chi connectivity index (χ0n) is 29.9. The molecule has 0 saturated carbocycles. The van der Waals surface area contributed by atoms with E-state index in [9.17, 15) is 0 Å². The molecule has 5 nitrogen and oxygen atoms in total. The van der Waals surface area contributed by atoms with Crippen LogP contribution < -0.4 is 4.90 Å². The van der Waals surface area contributed by atoms with E-state index in [4.69, 9.17) is 10.2 Å². The van der Waals surface area contributed by atoms with E-state index in [1.54, 1.807) is 0 Å². The molecule has 2 aromatic heterocycles. The van der Waals surface area contributed by atoms with Gasteiger partial charge < -0.3 is 9.47 Å². The second-order valence-electron chi connectivity index (χ2n) is 13.6. The first kappa shape index (κ1) is 32.2. The largest absolute Gasteiger partial charge is 0.311 e. The Morgan fingerprint density at radius 3 is 1.22 bits per heavy atom. The smallest absolute Gasteiger partial charge is 0.168 e. The van der Waals surface area contributed by atoms with E-state index < -0.39 is 0 Å². The quantitative estimate of drug-likeness (QED) is 0.158. The number of benzene rings is 8. The maximum Gasteiger partial charge on any atom is 0.168 e. The third kappa shape index (κ3) is 5.85. The summed E-state index contributed by atoms with van der Waals surface area (Å²) in [7, 11) is 0. The third-order valence-corrected chi connectivity index (χ3v) is 10.3. The summed E-state index contributed by atoms with van der Waals surface area (Å²) in [5.41, 5.74) is 12.0. The van der Waals surface area contributed by atoms with Crippen LogP contribution in [-0.2, 0) is 0 Å². The number of hydrogen-bond acceptors (Lipinski definition) is 3. The summed E-state index contributed by atoms with van der Waals surface area (Å²) in [5, 5.41) is 12.0. The van der Waals surface area contributed by atoms with E-state index in [0.717, 1.165) is 56.8 Å². The second kappa shape index (κ2) is 13.8. The average molecular weight is 706 g/mol. The van der Waals surface area contributed by atoms with Crippen LogP contribution in [0.5, 0.6) is 0 Å². The molecule has 0 radical (unpaired) electrons. The standard InChI is InChI=1S/C50H35N5/c1-4-14-36(15-5-1)37-24-28-44(29-25-37)55-49(38-16-6-2-7-17-38)51-52-50(55)39-26-30-41(31-27-39)53(40-18-8-3-9-19-40)42-32-34-43(35-33-42)54-47-22-12-10-20-45(47)46-21-11-13-23-48(46)54/h1-35H. The molecular formula is C50H35N5. The summed E-state index contributed by atoms with van der Waals surface area (Å²) >= 11 is 0. The fraction of sp³-hybridized carbons (Fsp3) is 0. The Kier molecular flexibility index (Phi) is 8.08. The van der Waals surface area contributed by atoms with E-state index in [1.807, 2.05) is 24.3 Å². The highest BCUT2D eigenvalue weighted by molar-refractivity contribution is 6.09. The van der Waals surface area contributed by atoms with Crippen molar-refractivity contribution in [1.29, 1.82) is 0 Å². The number of fused-ring (bicyclic) bond motifs is 3. The molecule has 0 spiro atoms. The van der Waals surface area contributed by atoms with Crippen molar-refractivity contribution < 1.29 is 0 Å². The molecule has 0 aliphatic carbocycles. The Morgan fingerprint density at radius 1 is 0.291 bits per heavy atom. The number of rotatable bonds is 8. The molecular weight excluding hydrogens is 671 g/mol. The zero-order chi connectivity index (χ0) is 36.6. The predicted octanol–water partition coefficient (Wildman–Crippen LogP) is 12.8. The van der Waals surface area contributed by atoms with E-state index in [-0.39, 0.29) is 0 Å². The van der Waals surface area contributed by atoms with Crippen LogP contribution in [0.15, 0.2) is 212 Å². The van der Waals surface area contributed by atoms with Gasteiger partial charge in [-0.05, 0) is 96.1 Å². The van der Waals surface area contributed by atoms with Crippen LogP contribution in [0.4, 0.5) is 17.1 Å². The van der Waals surface area contributed by atoms with Gasteiger partial charge in [-0.2, -0.15) is 0 Å². The second-order valence-corrected chi connectivity index (χ2v) is 13.6. The molecule has 55 heavy (non-hydrogen) atoms. The lowest BCUT2D eigenvalue weighted by Gasteiger charge is -2.26. The van der Waals surface area contributed by atoms with E-state index in [0.29, 0.717) is 0 Å². The molecule has 0 fully saturated rings. The summed E-state index contributed by atoms with van der Waals surface area (Å²) in [6.45, 7) is 0. The van der Waals surface area contributed by atoms with Gasteiger partial charge in [-0.25, -0.2) is 0 Å². The van der Waals surface area contributed by atoms with Crippen molar-refractivity contribution in [2.75, 3.05) is 4.90 Å². The van der Waals surface area contributed by atoms with E-state index in [1.165, 1.54) is 27.4 Å².